The monoisotopic (exact) mass is 344 g/mol. The molecule has 0 spiro atoms. The lowest BCUT2D eigenvalue weighted by Crippen LogP contribution is -2.12. The summed E-state index contributed by atoms with van der Waals surface area (Å²) in [6, 6.07) is 6.91. The number of nitrogens with zero attached hydrogens (tertiary/aromatic N) is 2. The largest absolute Gasteiger partial charge is 0.358 e. The van der Waals surface area contributed by atoms with Crippen LogP contribution >= 0.6 is 0 Å². The molecule has 0 fully saturated rings. The number of aromatic nitrogens is 2. The van der Waals surface area contributed by atoms with Gasteiger partial charge >= 0.3 is 0 Å². The number of nitrogens with one attached hydrogen (secondary N) is 2. The normalized spacial score (nSPS) is 11.8. The van der Waals surface area contributed by atoms with Gasteiger partial charge in [0.25, 0.3) is 15.1 Å². The number of nitriles is 1. The second kappa shape index (κ2) is 5.69. The van der Waals surface area contributed by atoms with E-state index in [9.17, 15) is 13.7 Å². The third-order valence-corrected chi connectivity index (χ3v) is 4.98. The maximum Gasteiger partial charge on any atom is 0.298 e. The molecule has 0 atom stereocenters. The van der Waals surface area contributed by atoms with Gasteiger partial charge in [0.2, 0.25) is 0 Å². The fourth-order valence-electron chi connectivity index (χ4n) is 2.46. The van der Waals surface area contributed by atoms with E-state index >= 15 is 0 Å². The molecule has 0 saturated carbocycles. The van der Waals surface area contributed by atoms with Gasteiger partial charge in [-0.3, -0.25) is 4.72 Å². The third kappa shape index (κ3) is 2.63. The highest BCUT2D eigenvalue weighted by molar-refractivity contribution is 7.92. The Morgan fingerprint density at radius 3 is 2.75 bits per heavy atom. The van der Waals surface area contributed by atoms with Gasteiger partial charge in [0.1, 0.15) is 6.07 Å². The SMILES string of the molecule is Cc1ccc(NS(=O)(=O)c2cc(C(C)C)no2)c2[nH]cc(C#N)c12. The molecule has 2 aromatic heterocycles. The van der Waals surface area contributed by atoms with E-state index in [-0.39, 0.29) is 11.0 Å². The van der Waals surface area contributed by atoms with Gasteiger partial charge in [0, 0.05) is 17.6 Å². The first-order chi connectivity index (χ1) is 11.3. The molecule has 0 radical (unpaired) electrons. The maximum absolute atomic E-state index is 12.5. The van der Waals surface area contributed by atoms with Crippen molar-refractivity contribution < 1.29 is 12.9 Å². The van der Waals surface area contributed by atoms with E-state index in [2.05, 4.69) is 20.9 Å². The quantitative estimate of drug-likeness (QED) is 0.754. The van der Waals surface area contributed by atoms with E-state index in [1.807, 2.05) is 20.8 Å². The van der Waals surface area contributed by atoms with Crippen molar-refractivity contribution in [3.05, 3.63) is 41.2 Å². The van der Waals surface area contributed by atoms with Crippen molar-refractivity contribution in [1.29, 1.82) is 5.26 Å². The summed E-state index contributed by atoms with van der Waals surface area (Å²) in [5.41, 5.74) is 2.81. The summed E-state index contributed by atoms with van der Waals surface area (Å²) >= 11 is 0. The van der Waals surface area contributed by atoms with Crippen LogP contribution in [0.4, 0.5) is 5.69 Å². The third-order valence-electron chi connectivity index (χ3n) is 3.77. The molecule has 0 aliphatic heterocycles. The van der Waals surface area contributed by atoms with Crippen LogP contribution in [-0.2, 0) is 10.0 Å². The molecule has 3 aromatic rings. The van der Waals surface area contributed by atoms with Crippen LogP contribution in [-0.4, -0.2) is 18.6 Å². The molecule has 2 heterocycles. The number of fused-ring (bicyclic) bond motifs is 1. The molecule has 0 saturated heterocycles. The van der Waals surface area contributed by atoms with Gasteiger partial charge in [-0.2, -0.15) is 13.7 Å². The Bertz CT molecular complexity index is 1050. The summed E-state index contributed by atoms with van der Waals surface area (Å²) in [6.07, 6.45) is 1.56. The fourth-order valence-corrected chi connectivity index (χ4v) is 3.43. The van der Waals surface area contributed by atoms with E-state index in [1.165, 1.54) is 6.07 Å². The Kier molecular flexibility index (Phi) is 3.81. The first kappa shape index (κ1) is 16.1. The highest BCUT2D eigenvalue weighted by Crippen LogP contribution is 2.30. The summed E-state index contributed by atoms with van der Waals surface area (Å²) in [4.78, 5) is 2.95. The molecule has 0 bridgehead atoms. The lowest BCUT2D eigenvalue weighted by molar-refractivity contribution is 0.333. The number of sulfonamides is 1. The summed E-state index contributed by atoms with van der Waals surface area (Å²) in [5.74, 6) is 0.0605. The van der Waals surface area contributed by atoms with Crippen LogP contribution in [0.2, 0.25) is 0 Å². The van der Waals surface area contributed by atoms with Gasteiger partial charge < -0.3 is 9.51 Å². The van der Waals surface area contributed by atoms with Gasteiger partial charge in [-0.15, -0.1) is 0 Å². The van der Waals surface area contributed by atoms with Crippen molar-refractivity contribution in [2.24, 2.45) is 0 Å². The first-order valence-electron chi connectivity index (χ1n) is 7.33. The van der Waals surface area contributed by atoms with Crippen molar-refractivity contribution in [1.82, 2.24) is 10.1 Å². The maximum atomic E-state index is 12.5. The Morgan fingerprint density at radius 1 is 1.38 bits per heavy atom. The summed E-state index contributed by atoms with van der Waals surface area (Å²) in [6.45, 7) is 5.65. The van der Waals surface area contributed by atoms with Crippen molar-refractivity contribution in [3.63, 3.8) is 0 Å². The van der Waals surface area contributed by atoms with Gasteiger partial charge in [0.15, 0.2) is 0 Å². The predicted octanol–water partition coefficient (Wildman–Crippen LogP) is 3.26. The van der Waals surface area contributed by atoms with E-state index in [1.54, 1.807) is 18.3 Å². The zero-order chi connectivity index (χ0) is 17.5. The Labute approximate surface area is 139 Å². The van der Waals surface area contributed by atoms with E-state index < -0.39 is 10.0 Å². The number of anilines is 1. The number of rotatable bonds is 4. The van der Waals surface area contributed by atoms with Crippen LogP contribution in [0.5, 0.6) is 0 Å². The van der Waals surface area contributed by atoms with Crippen LogP contribution < -0.4 is 4.72 Å². The Hall–Kier alpha value is -2.79. The summed E-state index contributed by atoms with van der Waals surface area (Å²) in [7, 11) is -3.91. The van der Waals surface area contributed by atoms with Crippen LogP contribution in [0.3, 0.4) is 0 Å². The number of aromatic amines is 1. The van der Waals surface area contributed by atoms with Crippen molar-refractivity contribution in [3.8, 4) is 6.07 Å². The van der Waals surface area contributed by atoms with Gasteiger partial charge in [-0.05, 0) is 24.5 Å². The number of H-pyrrole nitrogens is 1. The molecule has 24 heavy (non-hydrogen) atoms. The number of hydrogen-bond acceptors (Lipinski definition) is 5. The number of benzene rings is 1. The molecule has 0 unspecified atom stereocenters. The van der Waals surface area contributed by atoms with Crippen LogP contribution in [0.15, 0.2) is 34.0 Å². The van der Waals surface area contributed by atoms with Crippen molar-refractivity contribution >= 4 is 26.6 Å². The molecule has 2 N–H and O–H groups in total. The average Bonchev–Trinajstić information content (AvgIpc) is 3.17. The smallest absolute Gasteiger partial charge is 0.298 e. The molecule has 0 aliphatic rings. The van der Waals surface area contributed by atoms with Crippen LogP contribution in [0, 0.1) is 18.3 Å². The molecule has 8 heteroatoms. The average molecular weight is 344 g/mol. The van der Waals surface area contributed by atoms with Gasteiger partial charge in [0.05, 0.1) is 22.5 Å². The zero-order valence-electron chi connectivity index (χ0n) is 13.4. The molecular weight excluding hydrogens is 328 g/mol. The zero-order valence-corrected chi connectivity index (χ0v) is 14.2. The van der Waals surface area contributed by atoms with Gasteiger partial charge in [-0.25, -0.2) is 0 Å². The first-order valence-corrected chi connectivity index (χ1v) is 8.82. The molecular formula is C16H16N4O3S. The molecule has 124 valence electrons. The minimum absolute atomic E-state index is 0.0605. The summed E-state index contributed by atoms with van der Waals surface area (Å²) < 4.78 is 32.5. The molecule has 0 aliphatic carbocycles. The molecule has 3 rings (SSSR count). The topological polar surface area (TPSA) is 112 Å². The van der Waals surface area contributed by atoms with Crippen molar-refractivity contribution in [2.45, 2.75) is 31.8 Å². The minimum Gasteiger partial charge on any atom is -0.358 e. The molecule has 7 nitrogen and oxygen atoms in total. The molecule has 0 amide bonds. The molecule has 1 aromatic carbocycles. The van der Waals surface area contributed by atoms with E-state index in [0.717, 1.165) is 5.56 Å². The van der Waals surface area contributed by atoms with E-state index in [4.69, 9.17) is 4.52 Å². The minimum atomic E-state index is -3.91. The lowest BCUT2D eigenvalue weighted by atomic mass is 10.1. The van der Waals surface area contributed by atoms with E-state index in [0.29, 0.717) is 27.8 Å². The van der Waals surface area contributed by atoms with Crippen LogP contribution in [0.25, 0.3) is 10.9 Å². The standard InChI is InChI=1S/C16H16N4O3S/c1-9(2)13-6-14(23-19-13)24(21,22)20-12-5-4-10(3)15-11(7-17)8-18-16(12)15/h4-6,8-9,18,20H,1-3H3. The highest BCUT2D eigenvalue weighted by Gasteiger charge is 2.23. The highest BCUT2D eigenvalue weighted by atomic mass is 32.2. The van der Waals surface area contributed by atoms with Crippen LogP contribution in [0.1, 0.15) is 36.6 Å². The fraction of sp³-hybridized carbons (Fsp3) is 0.250. The van der Waals surface area contributed by atoms with Crippen molar-refractivity contribution in [2.75, 3.05) is 4.72 Å². The Morgan fingerprint density at radius 2 is 2.12 bits per heavy atom. The second-order valence-corrected chi connectivity index (χ2v) is 7.44. The van der Waals surface area contributed by atoms with Gasteiger partial charge in [-0.1, -0.05) is 25.1 Å². The lowest BCUT2D eigenvalue weighted by Gasteiger charge is -2.08. The number of aryl methyl sites for hydroxylation is 1. The Balaban J connectivity index is 2.04. The predicted molar refractivity (Wildman–Crippen MR) is 89.2 cm³/mol. The second-order valence-electron chi connectivity index (χ2n) is 5.83. The summed E-state index contributed by atoms with van der Waals surface area (Å²) in [5, 5.41) is 13.4. The number of hydrogen-bond donors (Lipinski definition) is 2.